The molecule has 2 heterocycles. The number of carbonyl (C=O) groups is 1. The standard InChI is InChI=1S/C24H25ClFN5O2/c1-17(18-7-9-19(26)10-8-18)28-22(32)16-29-11-13-30(14-12-29)21-15-27-31(24(33)23(21)25)20-5-3-2-4-6-20/h2-10,15,17H,11-14,16H2,1H3,(H,28,32). The Hall–Kier alpha value is -3.23. The van der Waals surface area contributed by atoms with E-state index in [9.17, 15) is 14.0 Å². The first kappa shape index (κ1) is 22.9. The maximum absolute atomic E-state index is 13.1. The van der Waals surface area contributed by atoms with Crippen molar-refractivity contribution in [3.63, 3.8) is 0 Å². The highest BCUT2D eigenvalue weighted by Crippen LogP contribution is 2.23. The highest BCUT2D eigenvalue weighted by Gasteiger charge is 2.23. The van der Waals surface area contributed by atoms with E-state index in [2.05, 4.69) is 15.3 Å². The van der Waals surface area contributed by atoms with E-state index in [4.69, 9.17) is 11.6 Å². The number of amides is 1. The second kappa shape index (κ2) is 10.1. The normalized spacial score (nSPS) is 15.3. The van der Waals surface area contributed by atoms with Gasteiger partial charge in [0.25, 0.3) is 5.56 Å². The van der Waals surface area contributed by atoms with Gasteiger partial charge in [0.15, 0.2) is 0 Å². The fraction of sp³-hybridized carbons (Fsp3) is 0.292. The monoisotopic (exact) mass is 469 g/mol. The number of hydrogen-bond donors (Lipinski definition) is 1. The largest absolute Gasteiger partial charge is 0.366 e. The molecule has 1 fully saturated rings. The van der Waals surface area contributed by atoms with E-state index in [1.807, 2.05) is 30.0 Å². The Kier molecular flexibility index (Phi) is 7.05. The molecule has 9 heteroatoms. The number of para-hydroxylation sites is 1. The summed E-state index contributed by atoms with van der Waals surface area (Å²) in [6.07, 6.45) is 1.61. The van der Waals surface area contributed by atoms with Crippen molar-refractivity contribution in [2.45, 2.75) is 13.0 Å². The number of aromatic nitrogens is 2. The minimum atomic E-state index is -0.364. The summed E-state index contributed by atoms with van der Waals surface area (Å²) in [5.41, 5.74) is 1.74. The highest BCUT2D eigenvalue weighted by molar-refractivity contribution is 6.33. The van der Waals surface area contributed by atoms with Gasteiger partial charge in [-0.25, -0.2) is 4.39 Å². The Morgan fingerprint density at radius 1 is 1.09 bits per heavy atom. The molecule has 33 heavy (non-hydrogen) atoms. The van der Waals surface area contributed by atoms with Crippen LogP contribution in [-0.2, 0) is 4.79 Å². The SMILES string of the molecule is CC(NC(=O)CN1CCN(c2cnn(-c3ccccc3)c(=O)c2Cl)CC1)c1ccc(F)cc1. The predicted octanol–water partition coefficient (Wildman–Crippen LogP) is 3.02. The second-order valence-electron chi connectivity index (χ2n) is 8.00. The minimum absolute atomic E-state index is 0.0922. The van der Waals surface area contributed by atoms with Crippen LogP contribution in [0.25, 0.3) is 5.69 Å². The summed E-state index contributed by atoms with van der Waals surface area (Å²) in [5.74, 6) is -0.395. The van der Waals surface area contributed by atoms with Crippen molar-refractivity contribution in [1.29, 1.82) is 0 Å². The van der Waals surface area contributed by atoms with Crippen LogP contribution in [-0.4, -0.2) is 53.3 Å². The number of carbonyl (C=O) groups excluding carboxylic acids is 1. The van der Waals surface area contributed by atoms with Gasteiger partial charge in [-0.1, -0.05) is 41.9 Å². The van der Waals surface area contributed by atoms with Crippen molar-refractivity contribution in [3.8, 4) is 5.69 Å². The van der Waals surface area contributed by atoms with E-state index in [1.165, 1.54) is 16.8 Å². The van der Waals surface area contributed by atoms with E-state index >= 15 is 0 Å². The van der Waals surface area contributed by atoms with Gasteiger partial charge < -0.3 is 10.2 Å². The lowest BCUT2D eigenvalue weighted by Crippen LogP contribution is -2.50. The number of piperazine rings is 1. The molecule has 1 aliphatic rings. The van der Waals surface area contributed by atoms with Gasteiger partial charge in [-0.05, 0) is 36.8 Å². The van der Waals surface area contributed by atoms with Crippen LogP contribution in [0.1, 0.15) is 18.5 Å². The summed E-state index contributed by atoms with van der Waals surface area (Å²) in [6, 6.07) is 15.0. The van der Waals surface area contributed by atoms with Gasteiger partial charge >= 0.3 is 0 Å². The van der Waals surface area contributed by atoms with Crippen LogP contribution in [0.15, 0.2) is 65.6 Å². The molecule has 2 aromatic carbocycles. The van der Waals surface area contributed by atoms with Gasteiger partial charge in [-0.3, -0.25) is 14.5 Å². The van der Waals surface area contributed by atoms with E-state index in [0.29, 0.717) is 37.6 Å². The molecule has 1 N–H and O–H groups in total. The fourth-order valence-corrected chi connectivity index (χ4v) is 4.12. The van der Waals surface area contributed by atoms with Crippen LogP contribution in [0.3, 0.4) is 0 Å². The zero-order valence-corrected chi connectivity index (χ0v) is 19.0. The highest BCUT2D eigenvalue weighted by atomic mass is 35.5. The van der Waals surface area contributed by atoms with Crippen molar-refractivity contribution in [3.05, 3.63) is 87.6 Å². The van der Waals surface area contributed by atoms with Crippen LogP contribution in [0.5, 0.6) is 0 Å². The average molecular weight is 470 g/mol. The number of hydrogen-bond acceptors (Lipinski definition) is 5. The Morgan fingerprint density at radius 3 is 2.42 bits per heavy atom. The summed E-state index contributed by atoms with van der Waals surface area (Å²) >= 11 is 6.41. The minimum Gasteiger partial charge on any atom is -0.366 e. The summed E-state index contributed by atoms with van der Waals surface area (Å²) in [7, 11) is 0. The van der Waals surface area contributed by atoms with E-state index in [0.717, 1.165) is 5.56 Å². The molecule has 0 aliphatic carbocycles. The Balaban J connectivity index is 1.33. The smallest absolute Gasteiger partial charge is 0.292 e. The topological polar surface area (TPSA) is 70.5 Å². The molecule has 3 aromatic rings. The first-order chi connectivity index (χ1) is 15.9. The first-order valence-corrected chi connectivity index (χ1v) is 11.2. The number of nitrogens with zero attached hydrogens (tertiary/aromatic N) is 4. The molecule has 4 rings (SSSR count). The van der Waals surface area contributed by atoms with Crippen molar-refractivity contribution >= 4 is 23.2 Å². The second-order valence-corrected chi connectivity index (χ2v) is 8.38. The molecule has 0 spiro atoms. The molecule has 172 valence electrons. The van der Waals surface area contributed by atoms with Gasteiger partial charge in [-0.2, -0.15) is 9.78 Å². The lowest BCUT2D eigenvalue weighted by Gasteiger charge is -2.36. The molecule has 1 amide bonds. The van der Waals surface area contributed by atoms with Gasteiger partial charge in [0.1, 0.15) is 10.8 Å². The van der Waals surface area contributed by atoms with Crippen molar-refractivity contribution in [2.24, 2.45) is 0 Å². The van der Waals surface area contributed by atoms with Crippen LogP contribution in [0.2, 0.25) is 5.02 Å². The summed E-state index contributed by atoms with van der Waals surface area (Å²) in [6.45, 7) is 4.68. The predicted molar refractivity (Wildman–Crippen MR) is 126 cm³/mol. The molecular formula is C24H25ClFN5O2. The zero-order valence-electron chi connectivity index (χ0n) is 18.2. The summed E-state index contributed by atoms with van der Waals surface area (Å²) in [4.78, 5) is 29.3. The Bertz CT molecular complexity index is 1160. The summed E-state index contributed by atoms with van der Waals surface area (Å²) < 4.78 is 14.4. The molecule has 1 saturated heterocycles. The quantitative estimate of drug-likeness (QED) is 0.601. The van der Waals surface area contributed by atoms with E-state index in [-0.39, 0.29) is 34.9 Å². The number of halogens is 2. The third-order valence-electron chi connectivity index (χ3n) is 5.73. The molecule has 1 aromatic heterocycles. The number of anilines is 1. The Morgan fingerprint density at radius 2 is 1.76 bits per heavy atom. The zero-order chi connectivity index (χ0) is 23.4. The Labute approximate surface area is 196 Å². The number of rotatable bonds is 6. The number of benzene rings is 2. The van der Waals surface area contributed by atoms with Crippen LogP contribution >= 0.6 is 11.6 Å². The van der Waals surface area contributed by atoms with Gasteiger partial charge in [0, 0.05) is 26.2 Å². The third-order valence-corrected chi connectivity index (χ3v) is 6.08. The lowest BCUT2D eigenvalue weighted by molar-refractivity contribution is -0.123. The van der Waals surface area contributed by atoms with Crippen molar-refractivity contribution in [2.75, 3.05) is 37.6 Å². The number of nitrogens with one attached hydrogen (secondary N) is 1. The van der Waals surface area contributed by atoms with Crippen LogP contribution < -0.4 is 15.8 Å². The fourth-order valence-electron chi connectivity index (χ4n) is 3.87. The van der Waals surface area contributed by atoms with Crippen LogP contribution in [0, 0.1) is 5.82 Å². The van der Waals surface area contributed by atoms with Crippen molar-refractivity contribution < 1.29 is 9.18 Å². The molecule has 7 nitrogen and oxygen atoms in total. The molecule has 1 aliphatic heterocycles. The van der Waals surface area contributed by atoms with Gasteiger partial charge in [0.2, 0.25) is 5.91 Å². The molecule has 0 saturated carbocycles. The third kappa shape index (κ3) is 5.40. The van der Waals surface area contributed by atoms with Gasteiger partial charge in [0.05, 0.1) is 30.2 Å². The molecule has 1 unspecified atom stereocenters. The van der Waals surface area contributed by atoms with Crippen molar-refractivity contribution in [1.82, 2.24) is 20.0 Å². The molecule has 1 atom stereocenters. The maximum atomic E-state index is 13.1. The first-order valence-electron chi connectivity index (χ1n) is 10.8. The molecule has 0 radical (unpaired) electrons. The van der Waals surface area contributed by atoms with Crippen LogP contribution in [0.4, 0.5) is 10.1 Å². The molecular weight excluding hydrogens is 445 g/mol. The average Bonchev–Trinajstić information content (AvgIpc) is 2.82. The summed E-state index contributed by atoms with van der Waals surface area (Å²) in [5, 5.41) is 7.38. The molecule has 0 bridgehead atoms. The van der Waals surface area contributed by atoms with E-state index in [1.54, 1.807) is 30.5 Å². The lowest BCUT2D eigenvalue weighted by atomic mass is 10.1. The van der Waals surface area contributed by atoms with E-state index < -0.39 is 0 Å². The van der Waals surface area contributed by atoms with Gasteiger partial charge in [-0.15, -0.1) is 0 Å². The maximum Gasteiger partial charge on any atom is 0.292 e.